The lowest BCUT2D eigenvalue weighted by atomic mass is 10.1. The predicted octanol–water partition coefficient (Wildman–Crippen LogP) is 3.30. The fraction of sp³-hybridized carbons (Fsp3) is 0.273. The van der Waals surface area contributed by atoms with Crippen LogP contribution in [0.25, 0.3) is 11.4 Å². The van der Waals surface area contributed by atoms with E-state index < -0.39 is 0 Å². The van der Waals surface area contributed by atoms with Gasteiger partial charge in [0.15, 0.2) is 17.3 Å². The molecule has 0 spiro atoms. The highest BCUT2D eigenvalue weighted by atomic mass is 16.5. The maximum absolute atomic E-state index is 5.77. The minimum Gasteiger partial charge on any atom is -0.493 e. The van der Waals surface area contributed by atoms with Gasteiger partial charge in [-0.3, -0.25) is 4.90 Å². The first-order chi connectivity index (χ1) is 13.7. The highest BCUT2D eigenvalue weighted by Gasteiger charge is 2.21. The zero-order valence-electron chi connectivity index (χ0n) is 16.2. The van der Waals surface area contributed by atoms with E-state index >= 15 is 0 Å². The van der Waals surface area contributed by atoms with Crippen LogP contribution in [-0.4, -0.2) is 35.6 Å². The molecule has 0 amide bonds. The second-order valence-corrected chi connectivity index (χ2v) is 6.90. The topological polar surface area (TPSA) is 73.5 Å². The highest BCUT2D eigenvalue weighted by molar-refractivity contribution is 5.58. The van der Waals surface area contributed by atoms with Crippen LogP contribution in [0, 0.1) is 0 Å². The number of anilines is 1. The minimum absolute atomic E-state index is 0.741. The summed E-state index contributed by atoms with van der Waals surface area (Å²) < 4.78 is 11.0. The predicted molar refractivity (Wildman–Crippen MR) is 109 cm³/mol. The molecular formula is C22H24N4O2. The Morgan fingerprint density at radius 1 is 1.07 bits per heavy atom. The number of para-hydroxylation sites is 1. The third-order valence-electron chi connectivity index (χ3n) is 5.06. The van der Waals surface area contributed by atoms with Gasteiger partial charge in [0, 0.05) is 54.6 Å². The minimum atomic E-state index is 0.741. The molecule has 0 saturated heterocycles. The zero-order chi connectivity index (χ0) is 19.5. The maximum Gasteiger partial charge on any atom is 0.165 e. The molecule has 2 aromatic carbocycles. The van der Waals surface area contributed by atoms with Crippen LogP contribution in [0.3, 0.4) is 0 Å². The molecule has 28 heavy (non-hydrogen) atoms. The molecule has 1 aromatic heterocycles. The Hall–Kier alpha value is -3.12. The summed E-state index contributed by atoms with van der Waals surface area (Å²) in [4.78, 5) is 11.7. The number of nitrogen functional groups attached to an aromatic ring is 1. The van der Waals surface area contributed by atoms with Gasteiger partial charge in [0.05, 0.1) is 19.9 Å². The molecule has 0 atom stereocenters. The third kappa shape index (κ3) is 3.64. The van der Waals surface area contributed by atoms with Crippen molar-refractivity contribution in [3.8, 4) is 22.9 Å². The molecule has 2 heterocycles. The van der Waals surface area contributed by atoms with Gasteiger partial charge in [0.2, 0.25) is 0 Å². The smallest absolute Gasteiger partial charge is 0.165 e. The number of rotatable bonds is 5. The first-order valence-electron chi connectivity index (χ1n) is 9.31. The van der Waals surface area contributed by atoms with Crippen LogP contribution in [0.1, 0.15) is 16.8 Å². The summed E-state index contributed by atoms with van der Waals surface area (Å²) in [5.41, 5.74) is 10.9. The van der Waals surface area contributed by atoms with Gasteiger partial charge in [-0.25, -0.2) is 9.97 Å². The summed E-state index contributed by atoms with van der Waals surface area (Å²) in [6, 6.07) is 13.7. The Morgan fingerprint density at radius 3 is 2.64 bits per heavy atom. The Bertz CT molecular complexity index is 973. The van der Waals surface area contributed by atoms with Crippen molar-refractivity contribution in [1.82, 2.24) is 14.9 Å². The van der Waals surface area contributed by atoms with E-state index in [1.807, 2.05) is 42.6 Å². The molecule has 1 aliphatic rings. The maximum atomic E-state index is 5.77. The molecule has 1 aliphatic heterocycles. The fourth-order valence-electron chi connectivity index (χ4n) is 3.60. The van der Waals surface area contributed by atoms with E-state index in [1.165, 1.54) is 5.56 Å². The fourth-order valence-corrected chi connectivity index (χ4v) is 3.60. The van der Waals surface area contributed by atoms with Gasteiger partial charge < -0.3 is 15.2 Å². The molecular weight excluding hydrogens is 352 g/mol. The zero-order valence-corrected chi connectivity index (χ0v) is 16.2. The molecule has 0 fully saturated rings. The van der Waals surface area contributed by atoms with Crippen LogP contribution in [0.15, 0.2) is 48.7 Å². The normalized spacial score (nSPS) is 13.8. The highest BCUT2D eigenvalue weighted by Crippen LogP contribution is 2.32. The van der Waals surface area contributed by atoms with E-state index in [0.29, 0.717) is 0 Å². The summed E-state index contributed by atoms with van der Waals surface area (Å²) >= 11 is 0. The summed E-state index contributed by atoms with van der Waals surface area (Å²) in [6.45, 7) is 2.54. The monoisotopic (exact) mass is 376 g/mol. The van der Waals surface area contributed by atoms with Crippen molar-refractivity contribution in [3.63, 3.8) is 0 Å². The van der Waals surface area contributed by atoms with Gasteiger partial charge in [-0.1, -0.05) is 12.1 Å². The van der Waals surface area contributed by atoms with Crippen LogP contribution in [0.5, 0.6) is 11.5 Å². The number of fused-ring (bicyclic) bond motifs is 1. The van der Waals surface area contributed by atoms with Crippen molar-refractivity contribution >= 4 is 5.69 Å². The lowest BCUT2D eigenvalue weighted by molar-refractivity contribution is 0.238. The molecule has 0 aliphatic carbocycles. The van der Waals surface area contributed by atoms with Gasteiger partial charge >= 0.3 is 0 Å². The summed E-state index contributed by atoms with van der Waals surface area (Å²) in [7, 11) is 3.34. The van der Waals surface area contributed by atoms with Crippen LogP contribution >= 0.6 is 0 Å². The second kappa shape index (κ2) is 7.86. The van der Waals surface area contributed by atoms with E-state index in [1.54, 1.807) is 14.2 Å². The summed E-state index contributed by atoms with van der Waals surface area (Å²) in [6.07, 6.45) is 2.84. The standard InChI is InChI=1S/C22H24N4O2/c1-27-20-5-3-4-16(21(20)28-2)13-26-11-10-19-17(14-26)12-24-22(25-19)15-6-8-18(23)9-7-15/h3-9,12H,10-11,13-14,23H2,1-2H3. The van der Waals surface area contributed by atoms with Crippen LogP contribution in [0.2, 0.25) is 0 Å². The molecule has 2 N–H and O–H groups in total. The number of benzene rings is 2. The number of methoxy groups -OCH3 is 2. The number of hydrogen-bond donors (Lipinski definition) is 1. The molecule has 0 bridgehead atoms. The molecule has 0 saturated carbocycles. The molecule has 0 unspecified atom stereocenters. The molecule has 3 aromatic rings. The Morgan fingerprint density at radius 2 is 1.89 bits per heavy atom. The van der Waals surface area contributed by atoms with Gasteiger partial charge in [0.1, 0.15) is 0 Å². The molecule has 6 heteroatoms. The van der Waals surface area contributed by atoms with Gasteiger partial charge in [-0.05, 0) is 30.3 Å². The lowest BCUT2D eigenvalue weighted by Gasteiger charge is -2.28. The van der Waals surface area contributed by atoms with E-state index in [2.05, 4.69) is 16.0 Å². The molecule has 0 radical (unpaired) electrons. The van der Waals surface area contributed by atoms with Crippen molar-refractivity contribution < 1.29 is 9.47 Å². The number of nitrogens with two attached hydrogens (primary N) is 1. The summed E-state index contributed by atoms with van der Waals surface area (Å²) in [5.74, 6) is 2.31. The van der Waals surface area contributed by atoms with Gasteiger partial charge in [-0.2, -0.15) is 0 Å². The van der Waals surface area contributed by atoms with Crippen molar-refractivity contribution in [2.75, 3.05) is 26.5 Å². The quantitative estimate of drug-likeness (QED) is 0.689. The largest absolute Gasteiger partial charge is 0.493 e. The van der Waals surface area contributed by atoms with E-state index in [9.17, 15) is 0 Å². The van der Waals surface area contributed by atoms with E-state index in [0.717, 1.165) is 65.9 Å². The number of hydrogen-bond acceptors (Lipinski definition) is 6. The Kier molecular flexibility index (Phi) is 5.12. The van der Waals surface area contributed by atoms with Crippen molar-refractivity contribution in [2.45, 2.75) is 19.5 Å². The number of aromatic nitrogens is 2. The van der Waals surface area contributed by atoms with Crippen LogP contribution < -0.4 is 15.2 Å². The van der Waals surface area contributed by atoms with Gasteiger partial charge in [-0.15, -0.1) is 0 Å². The second-order valence-electron chi connectivity index (χ2n) is 6.90. The average molecular weight is 376 g/mol. The number of nitrogens with zero attached hydrogens (tertiary/aromatic N) is 3. The Balaban J connectivity index is 1.52. The van der Waals surface area contributed by atoms with E-state index in [-0.39, 0.29) is 0 Å². The summed E-state index contributed by atoms with van der Waals surface area (Å²) in [5, 5.41) is 0. The Labute approximate surface area is 164 Å². The average Bonchev–Trinajstić information content (AvgIpc) is 2.73. The molecule has 144 valence electrons. The van der Waals surface area contributed by atoms with Crippen molar-refractivity contribution in [3.05, 3.63) is 65.5 Å². The lowest BCUT2D eigenvalue weighted by Crippen LogP contribution is -2.31. The first kappa shape index (κ1) is 18.3. The number of ether oxygens (including phenoxy) is 2. The molecule has 6 nitrogen and oxygen atoms in total. The first-order valence-corrected chi connectivity index (χ1v) is 9.31. The van der Waals surface area contributed by atoms with Crippen LogP contribution in [-0.2, 0) is 19.5 Å². The third-order valence-corrected chi connectivity index (χ3v) is 5.06. The van der Waals surface area contributed by atoms with Crippen LogP contribution in [0.4, 0.5) is 5.69 Å². The van der Waals surface area contributed by atoms with E-state index in [4.69, 9.17) is 20.2 Å². The van der Waals surface area contributed by atoms with Gasteiger partial charge in [0.25, 0.3) is 0 Å². The molecule has 4 rings (SSSR count). The SMILES string of the molecule is COc1cccc(CN2CCc3nc(-c4ccc(N)cc4)ncc3C2)c1OC. The van der Waals surface area contributed by atoms with Crippen molar-refractivity contribution in [2.24, 2.45) is 0 Å². The van der Waals surface area contributed by atoms with Crippen molar-refractivity contribution in [1.29, 1.82) is 0 Å².